The van der Waals surface area contributed by atoms with Crippen LogP contribution in [0.25, 0.3) is 0 Å². The highest BCUT2D eigenvalue weighted by Gasteiger charge is 2.35. The largest absolute Gasteiger partial charge is 0.418 e. The zero-order valence-electron chi connectivity index (χ0n) is 11.5. The highest BCUT2D eigenvalue weighted by Crippen LogP contribution is 2.41. The number of hydrogen-bond acceptors (Lipinski definition) is 3. The summed E-state index contributed by atoms with van der Waals surface area (Å²) in [6.07, 6.45) is -4.27. The fraction of sp³-hybridized carbons (Fsp3) is 0.667. The Kier molecular flexibility index (Phi) is 6.74. The van der Waals surface area contributed by atoms with Crippen LogP contribution >= 0.6 is 23.3 Å². The first-order valence-electron chi connectivity index (χ1n) is 5.71. The molecule has 0 bridgehead atoms. The van der Waals surface area contributed by atoms with Crippen LogP contribution in [0, 0.1) is 6.92 Å². The Bertz CT molecular complexity index is 364. The molecule has 0 fully saturated rings. The minimum Gasteiger partial charge on any atom is -0.254 e. The Morgan fingerprint density at radius 2 is 1.67 bits per heavy atom. The number of hydrogen-bond donors (Lipinski definition) is 1. The highest BCUT2D eigenvalue weighted by molar-refractivity contribution is 7.99. The Hall–Kier alpha value is -0.200. The predicted octanol–water partition coefficient (Wildman–Crippen LogP) is 5.50. The van der Waals surface area contributed by atoms with Crippen molar-refractivity contribution in [1.82, 2.24) is 4.72 Å². The van der Waals surface area contributed by atoms with E-state index in [2.05, 4.69) is 4.72 Å². The average Bonchev–Trinajstić information content (AvgIpc) is 2.58. The van der Waals surface area contributed by atoms with Gasteiger partial charge in [0.1, 0.15) is 0 Å². The maximum atomic E-state index is 12.6. The van der Waals surface area contributed by atoms with Crippen molar-refractivity contribution >= 4 is 23.3 Å². The van der Waals surface area contributed by atoms with Crippen LogP contribution in [0.15, 0.2) is 10.3 Å². The van der Waals surface area contributed by atoms with Gasteiger partial charge in [-0.1, -0.05) is 13.8 Å². The van der Waals surface area contributed by atoms with Gasteiger partial charge in [0.15, 0.2) is 0 Å². The van der Waals surface area contributed by atoms with Crippen molar-refractivity contribution < 1.29 is 13.2 Å². The first kappa shape index (κ1) is 17.8. The molecule has 0 aliphatic heterocycles. The molecule has 0 radical (unpaired) electrons. The summed E-state index contributed by atoms with van der Waals surface area (Å²) in [4.78, 5) is 0.672. The Morgan fingerprint density at radius 1 is 1.17 bits per heavy atom. The molecule has 1 aromatic heterocycles. The van der Waals surface area contributed by atoms with Gasteiger partial charge in [-0.3, -0.25) is 4.72 Å². The van der Waals surface area contributed by atoms with Crippen molar-refractivity contribution in [3.8, 4) is 0 Å². The van der Waals surface area contributed by atoms with E-state index in [4.69, 9.17) is 0 Å². The van der Waals surface area contributed by atoms with E-state index >= 15 is 0 Å². The lowest BCUT2D eigenvalue weighted by molar-refractivity contribution is -0.139. The Labute approximate surface area is 115 Å². The van der Waals surface area contributed by atoms with Crippen molar-refractivity contribution in [2.24, 2.45) is 0 Å². The first-order valence-corrected chi connectivity index (χ1v) is 7.34. The first-order chi connectivity index (χ1) is 8.09. The lowest BCUT2D eigenvalue weighted by Gasteiger charge is -2.19. The zero-order valence-corrected chi connectivity index (χ0v) is 13.2. The van der Waals surface area contributed by atoms with Crippen LogP contribution in [0.3, 0.4) is 0 Å². The summed E-state index contributed by atoms with van der Waals surface area (Å²) in [6, 6.07) is 1.19. The zero-order chi connectivity index (χ0) is 14.6. The molecule has 0 saturated heterocycles. The number of alkyl halides is 3. The number of thiophene rings is 1. The standard InChI is InChI=1S/C10H14F3NS2.C2H6/c1-6-5-7(10(11,12)13)8(15-6)16-14-9(2,3)4;1-2/h5,14H,1-4H3;1-2H3. The minimum absolute atomic E-state index is 0.217. The van der Waals surface area contributed by atoms with Crippen molar-refractivity contribution in [1.29, 1.82) is 0 Å². The molecular weight excluding hydrogens is 279 g/mol. The van der Waals surface area contributed by atoms with E-state index in [1.165, 1.54) is 6.07 Å². The molecule has 1 N–H and O–H groups in total. The van der Waals surface area contributed by atoms with Crippen molar-refractivity contribution in [3.63, 3.8) is 0 Å². The van der Waals surface area contributed by atoms with Gasteiger partial charge in [-0.15, -0.1) is 11.3 Å². The third-order valence-corrected chi connectivity index (χ3v) is 4.04. The van der Waals surface area contributed by atoms with E-state index in [0.717, 1.165) is 23.3 Å². The maximum absolute atomic E-state index is 12.6. The van der Waals surface area contributed by atoms with Gasteiger partial charge in [0.05, 0.1) is 9.77 Å². The highest BCUT2D eigenvalue weighted by atomic mass is 32.2. The summed E-state index contributed by atoms with van der Waals surface area (Å²) in [5.41, 5.74) is -0.762. The summed E-state index contributed by atoms with van der Waals surface area (Å²) < 4.78 is 41.2. The quantitative estimate of drug-likeness (QED) is 0.724. The van der Waals surface area contributed by atoms with Gasteiger partial charge < -0.3 is 0 Å². The lowest BCUT2D eigenvalue weighted by atomic mass is 10.1. The van der Waals surface area contributed by atoms with Crippen LogP contribution in [-0.2, 0) is 6.18 Å². The second-order valence-corrected chi connectivity index (χ2v) is 6.84. The number of nitrogens with one attached hydrogen (secondary N) is 1. The van der Waals surface area contributed by atoms with Gasteiger partial charge in [0.25, 0.3) is 0 Å². The minimum atomic E-state index is -4.27. The normalized spacial score (nSPS) is 12.1. The summed E-state index contributed by atoms with van der Waals surface area (Å²) in [5.74, 6) is 0. The van der Waals surface area contributed by atoms with E-state index in [1.54, 1.807) is 6.92 Å². The van der Waals surface area contributed by atoms with Crippen LogP contribution in [0.4, 0.5) is 13.2 Å². The second-order valence-electron chi connectivity index (χ2n) is 4.51. The Balaban J connectivity index is 0.00000137. The van der Waals surface area contributed by atoms with Crippen LogP contribution in [0.2, 0.25) is 0 Å². The second kappa shape index (κ2) is 6.82. The molecule has 18 heavy (non-hydrogen) atoms. The van der Waals surface area contributed by atoms with E-state index in [9.17, 15) is 13.2 Å². The van der Waals surface area contributed by atoms with Crippen molar-refractivity contribution in [2.75, 3.05) is 0 Å². The molecule has 1 aromatic rings. The molecule has 0 spiro atoms. The molecule has 1 heterocycles. The molecule has 1 nitrogen and oxygen atoms in total. The van der Waals surface area contributed by atoms with Crippen LogP contribution in [0.5, 0.6) is 0 Å². The predicted molar refractivity (Wildman–Crippen MR) is 74.2 cm³/mol. The van der Waals surface area contributed by atoms with Gasteiger partial charge >= 0.3 is 6.18 Å². The summed E-state index contributed by atoms with van der Waals surface area (Å²) >= 11 is 2.21. The van der Waals surface area contributed by atoms with Gasteiger partial charge in [-0.05, 0) is 45.7 Å². The van der Waals surface area contributed by atoms with Gasteiger partial charge in [-0.2, -0.15) is 13.2 Å². The third-order valence-electron chi connectivity index (χ3n) is 1.58. The SMILES string of the molecule is CC.Cc1cc(C(F)(F)F)c(SNC(C)(C)C)s1. The monoisotopic (exact) mass is 299 g/mol. The summed E-state index contributed by atoms with van der Waals surface area (Å²) in [7, 11) is 0. The summed E-state index contributed by atoms with van der Waals surface area (Å²) in [5, 5.41) is 0. The molecule has 0 atom stereocenters. The smallest absolute Gasteiger partial charge is 0.254 e. The van der Waals surface area contributed by atoms with E-state index in [1.807, 2.05) is 34.6 Å². The van der Waals surface area contributed by atoms with Crippen LogP contribution < -0.4 is 4.72 Å². The van der Waals surface area contributed by atoms with E-state index in [0.29, 0.717) is 4.88 Å². The van der Waals surface area contributed by atoms with Crippen molar-refractivity contribution in [3.05, 3.63) is 16.5 Å². The molecular formula is C12H20F3NS2. The molecule has 0 aliphatic rings. The molecule has 0 aliphatic carbocycles. The fourth-order valence-corrected chi connectivity index (χ4v) is 3.09. The molecule has 0 amide bonds. The number of halogens is 3. The fourth-order valence-electron chi connectivity index (χ4n) is 0.966. The van der Waals surface area contributed by atoms with Crippen molar-refractivity contribution in [2.45, 2.75) is 57.5 Å². The van der Waals surface area contributed by atoms with E-state index in [-0.39, 0.29) is 9.75 Å². The Morgan fingerprint density at radius 3 is 2.06 bits per heavy atom. The van der Waals surface area contributed by atoms with Crippen LogP contribution in [0.1, 0.15) is 45.1 Å². The third kappa shape index (κ3) is 6.11. The molecule has 0 unspecified atom stereocenters. The van der Waals surface area contributed by atoms with E-state index < -0.39 is 11.7 Å². The molecule has 1 rings (SSSR count). The topological polar surface area (TPSA) is 12.0 Å². The lowest BCUT2D eigenvalue weighted by Crippen LogP contribution is -2.29. The summed E-state index contributed by atoms with van der Waals surface area (Å²) in [6.45, 7) is 11.4. The molecule has 106 valence electrons. The number of aryl methyl sites for hydroxylation is 1. The number of rotatable bonds is 2. The van der Waals surface area contributed by atoms with Gasteiger partial charge in [0.2, 0.25) is 0 Å². The van der Waals surface area contributed by atoms with Gasteiger partial charge in [-0.25, -0.2) is 0 Å². The average molecular weight is 299 g/mol. The van der Waals surface area contributed by atoms with Crippen LogP contribution in [-0.4, -0.2) is 5.54 Å². The molecule has 0 saturated carbocycles. The molecule has 0 aromatic carbocycles. The van der Waals surface area contributed by atoms with Gasteiger partial charge in [0, 0.05) is 10.4 Å². The molecule has 6 heteroatoms. The maximum Gasteiger partial charge on any atom is 0.418 e.